The molecule has 1 aliphatic rings. The van der Waals surface area contributed by atoms with Crippen LogP contribution in [-0.2, 0) is 13.0 Å². The number of anilines is 1. The lowest BCUT2D eigenvalue weighted by molar-refractivity contribution is 0.139. The zero-order valence-corrected chi connectivity index (χ0v) is 12.3. The maximum absolute atomic E-state index is 6.23. The van der Waals surface area contributed by atoms with Crippen molar-refractivity contribution in [3.63, 3.8) is 0 Å². The minimum atomic E-state index is -0.154. The summed E-state index contributed by atoms with van der Waals surface area (Å²) in [6, 6.07) is 6.21. The summed E-state index contributed by atoms with van der Waals surface area (Å²) in [7, 11) is 0. The number of nitrogens with zero attached hydrogens (tertiary/aromatic N) is 2. The molecule has 2 heterocycles. The fourth-order valence-electron chi connectivity index (χ4n) is 2.82. The zero-order valence-electron chi connectivity index (χ0n) is 12.3. The largest absolute Gasteiger partial charge is 0.487 e. The van der Waals surface area contributed by atoms with Crippen LogP contribution in [0.2, 0.25) is 0 Å². The molecule has 0 unspecified atom stereocenters. The summed E-state index contributed by atoms with van der Waals surface area (Å²) in [5.41, 5.74) is 9.13. The van der Waals surface area contributed by atoms with E-state index in [-0.39, 0.29) is 5.60 Å². The fraction of sp³-hybridized carbons (Fsp3) is 0.438. The number of benzene rings is 1. The number of fused-ring (bicyclic) bond motifs is 1. The van der Waals surface area contributed by atoms with Gasteiger partial charge in [-0.1, -0.05) is 19.1 Å². The van der Waals surface area contributed by atoms with E-state index in [1.807, 2.05) is 17.0 Å². The van der Waals surface area contributed by atoms with E-state index in [0.29, 0.717) is 5.82 Å². The maximum Gasteiger partial charge on any atom is 0.133 e. The van der Waals surface area contributed by atoms with Gasteiger partial charge in [-0.15, -0.1) is 0 Å². The Labute approximate surface area is 119 Å². The van der Waals surface area contributed by atoms with Gasteiger partial charge in [-0.25, -0.2) is 4.98 Å². The molecule has 3 rings (SSSR count). The Hall–Kier alpha value is -1.97. The van der Waals surface area contributed by atoms with E-state index in [0.717, 1.165) is 36.4 Å². The second-order valence-electron chi connectivity index (χ2n) is 6.00. The molecule has 0 spiro atoms. The van der Waals surface area contributed by atoms with E-state index in [9.17, 15) is 0 Å². The first-order chi connectivity index (χ1) is 9.52. The monoisotopic (exact) mass is 271 g/mol. The third-order valence-corrected chi connectivity index (χ3v) is 3.69. The molecule has 0 saturated heterocycles. The van der Waals surface area contributed by atoms with E-state index in [1.165, 1.54) is 5.56 Å². The minimum absolute atomic E-state index is 0.154. The summed E-state index contributed by atoms with van der Waals surface area (Å²) in [6.45, 7) is 7.23. The molecule has 20 heavy (non-hydrogen) atoms. The van der Waals surface area contributed by atoms with E-state index in [4.69, 9.17) is 10.5 Å². The van der Waals surface area contributed by atoms with Gasteiger partial charge in [-0.05, 0) is 31.9 Å². The summed E-state index contributed by atoms with van der Waals surface area (Å²) < 4.78 is 8.09. The third-order valence-electron chi connectivity index (χ3n) is 3.69. The lowest BCUT2D eigenvalue weighted by Crippen LogP contribution is -2.24. The summed E-state index contributed by atoms with van der Waals surface area (Å²) in [5, 5.41) is 0. The Bertz CT molecular complexity index is 643. The Kier molecular flexibility index (Phi) is 2.96. The number of para-hydroxylation sites is 1. The van der Waals surface area contributed by atoms with Gasteiger partial charge >= 0.3 is 0 Å². The van der Waals surface area contributed by atoms with Crippen molar-refractivity contribution in [2.24, 2.45) is 0 Å². The number of hydrogen-bond acceptors (Lipinski definition) is 3. The molecule has 2 aromatic rings. The molecular formula is C16H21N3O. The van der Waals surface area contributed by atoms with Crippen LogP contribution in [0.1, 0.15) is 32.8 Å². The molecule has 4 heteroatoms. The summed E-state index contributed by atoms with van der Waals surface area (Å²) in [5.74, 6) is 1.65. The van der Waals surface area contributed by atoms with Crippen LogP contribution < -0.4 is 10.5 Å². The SMILES string of the molecule is CCCn1cnc(-c2cccc3c2OC(C)(C)C3)c1N. The topological polar surface area (TPSA) is 53.1 Å². The van der Waals surface area contributed by atoms with Gasteiger partial charge < -0.3 is 15.0 Å². The molecule has 0 aliphatic carbocycles. The highest BCUT2D eigenvalue weighted by atomic mass is 16.5. The van der Waals surface area contributed by atoms with Gasteiger partial charge in [0.15, 0.2) is 0 Å². The molecule has 2 N–H and O–H groups in total. The van der Waals surface area contributed by atoms with Gasteiger partial charge in [0.05, 0.1) is 6.33 Å². The van der Waals surface area contributed by atoms with Crippen LogP contribution in [0.15, 0.2) is 24.5 Å². The van der Waals surface area contributed by atoms with Crippen molar-refractivity contribution in [2.45, 2.75) is 45.8 Å². The molecule has 1 aromatic heterocycles. The molecule has 0 atom stereocenters. The molecule has 0 saturated carbocycles. The molecule has 1 aliphatic heterocycles. The van der Waals surface area contributed by atoms with E-state index >= 15 is 0 Å². The molecule has 1 aromatic carbocycles. The minimum Gasteiger partial charge on any atom is -0.487 e. The van der Waals surface area contributed by atoms with Crippen molar-refractivity contribution in [1.29, 1.82) is 0 Å². The smallest absolute Gasteiger partial charge is 0.133 e. The molecule has 0 bridgehead atoms. The number of hydrogen-bond donors (Lipinski definition) is 1. The number of aryl methyl sites for hydroxylation is 1. The molecule has 0 radical (unpaired) electrons. The quantitative estimate of drug-likeness (QED) is 0.932. The lowest BCUT2D eigenvalue weighted by Gasteiger charge is -2.18. The Morgan fingerprint density at radius 3 is 2.95 bits per heavy atom. The third kappa shape index (κ3) is 2.05. The van der Waals surface area contributed by atoms with Crippen molar-refractivity contribution >= 4 is 5.82 Å². The predicted octanol–water partition coefficient (Wildman–Crippen LogP) is 3.26. The molecule has 0 fully saturated rings. The number of rotatable bonds is 3. The van der Waals surface area contributed by atoms with Gasteiger partial charge in [0, 0.05) is 18.5 Å². The first-order valence-electron chi connectivity index (χ1n) is 7.13. The molecule has 106 valence electrons. The summed E-state index contributed by atoms with van der Waals surface area (Å²) >= 11 is 0. The highest BCUT2D eigenvalue weighted by Crippen LogP contribution is 2.43. The number of nitrogens with two attached hydrogens (primary N) is 1. The molecule has 0 amide bonds. The Morgan fingerprint density at radius 1 is 1.40 bits per heavy atom. The highest BCUT2D eigenvalue weighted by Gasteiger charge is 2.32. The van der Waals surface area contributed by atoms with Crippen molar-refractivity contribution in [3.05, 3.63) is 30.1 Å². The highest BCUT2D eigenvalue weighted by molar-refractivity contribution is 5.77. The van der Waals surface area contributed by atoms with Gasteiger partial charge in [-0.3, -0.25) is 0 Å². The number of imidazole rings is 1. The van der Waals surface area contributed by atoms with Crippen LogP contribution >= 0.6 is 0 Å². The first-order valence-corrected chi connectivity index (χ1v) is 7.13. The van der Waals surface area contributed by atoms with Gasteiger partial charge in [0.25, 0.3) is 0 Å². The van der Waals surface area contributed by atoms with Gasteiger partial charge in [0.2, 0.25) is 0 Å². The Balaban J connectivity index is 2.07. The van der Waals surface area contributed by atoms with Crippen molar-refractivity contribution in [2.75, 3.05) is 5.73 Å². The van der Waals surface area contributed by atoms with Crippen LogP contribution in [0.25, 0.3) is 11.3 Å². The first kappa shape index (κ1) is 13.0. The van der Waals surface area contributed by atoms with Gasteiger partial charge in [0.1, 0.15) is 22.9 Å². The van der Waals surface area contributed by atoms with Crippen molar-refractivity contribution in [1.82, 2.24) is 9.55 Å². The normalized spacial score (nSPS) is 15.9. The van der Waals surface area contributed by atoms with E-state index in [2.05, 4.69) is 37.9 Å². The van der Waals surface area contributed by atoms with Crippen LogP contribution in [0.3, 0.4) is 0 Å². The molecular weight excluding hydrogens is 250 g/mol. The number of ether oxygens (including phenoxy) is 1. The van der Waals surface area contributed by atoms with Crippen molar-refractivity contribution < 1.29 is 4.74 Å². The number of nitrogen functional groups attached to an aromatic ring is 1. The van der Waals surface area contributed by atoms with Crippen LogP contribution in [0.5, 0.6) is 5.75 Å². The van der Waals surface area contributed by atoms with Crippen LogP contribution in [0, 0.1) is 0 Å². The van der Waals surface area contributed by atoms with Crippen molar-refractivity contribution in [3.8, 4) is 17.0 Å². The lowest BCUT2D eigenvalue weighted by atomic mass is 10.00. The average molecular weight is 271 g/mol. The van der Waals surface area contributed by atoms with Gasteiger partial charge in [-0.2, -0.15) is 0 Å². The summed E-state index contributed by atoms with van der Waals surface area (Å²) in [4.78, 5) is 4.49. The van der Waals surface area contributed by atoms with Crippen LogP contribution in [0.4, 0.5) is 5.82 Å². The van der Waals surface area contributed by atoms with Crippen LogP contribution in [-0.4, -0.2) is 15.2 Å². The predicted molar refractivity (Wildman–Crippen MR) is 80.8 cm³/mol. The zero-order chi connectivity index (χ0) is 14.3. The second kappa shape index (κ2) is 4.54. The average Bonchev–Trinajstić information content (AvgIpc) is 2.89. The van der Waals surface area contributed by atoms with E-state index in [1.54, 1.807) is 0 Å². The number of aromatic nitrogens is 2. The standard InChI is InChI=1S/C16H21N3O/c1-4-8-19-10-18-13(15(19)17)12-7-5-6-11-9-16(2,3)20-14(11)12/h5-7,10H,4,8-9,17H2,1-3H3. The maximum atomic E-state index is 6.23. The molecule has 4 nitrogen and oxygen atoms in total. The van der Waals surface area contributed by atoms with E-state index < -0.39 is 0 Å². The Morgan fingerprint density at radius 2 is 2.20 bits per heavy atom. The second-order valence-corrected chi connectivity index (χ2v) is 6.00. The fourth-order valence-corrected chi connectivity index (χ4v) is 2.82. The summed E-state index contributed by atoms with van der Waals surface area (Å²) in [6.07, 6.45) is 3.77.